The topological polar surface area (TPSA) is 29.4 Å². The third kappa shape index (κ3) is 8.84. The first-order valence-electron chi connectivity index (χ1n) is 4.79. The Morgan fingerprint density at radius 1 is 1.17 bits per heavy atom. The molecule has 0 saturated heterocycles. The van der Waals surface area contributed by atoms with Crippen LogP contribution < -0.4 is 24.8 Å². The van der Waals surface area contributed by atoms with E-state index in [0.717, 1.165) is 0 Å². The van der Waals surface area contributed by atoms with Gasteiger partial charge >= 0.3 is 21.7 Å². The molecule has 2 rings (SSSR count). The van der Waals surface area contributed by atoms with Crippen LogP contribution in [0.25, 0.3) is 10.8 Å². The summed E-state index contributed by atoms with van der Waals surface area (Å²) < 4.78 is 3.55. The van der Waals surface area contributed by atoms with Crippen molar-refractivity contribution < 1.29 is 51.3 Å². The summed E-state index contributed by atoms with van der Waals surface area (Å²) in [4.78, 5) is 9.47. The minimum Gasteiger partial charge on any atom is -1.00 e. The van der Waals surface area contributed by atoms with Crippen molar-refractivity contribution in [3.8, 4) is 0 Å². The fourth-order valence-corrected chi connectivity index (χ4v) is 1.39. The number of benzene rings is 1. The predicted molar refractivity (Wildman–Crippen MR) is 65.5 cm³/mol. The normalized spacial score (nSPS) is 7.44. The minimum atomic E-state index is -0.629. The molecule has 0 aromatic heterocycles. The number of rotatable bonds is 1. The predicted octanol–water partition coefficient (Wildman–Crippen LogP) is -2.77. The number of carbonyl (C=O) groups is 1. The molecule has 2 aromatic carbocycles. The van der Waals surface area contributed by atoms with Crippen LogP contribution in [0.4, 0.5) is 0 Å². The third-order valence-corrected chi connectivity index (χ3v) is 2.48. The SMILES string of the molecule is C[Si](C)=NC=O.[Cl-].[Cl-].[Ti+3].c1ccc2[cH-]ccc2c1. The largest absolute Gasteiger partial charge is 3.00 e. The van der Waals surface area contributed by atoms with E-state index in [0.29, 0.717) is 6.41 Å². The first-order valence-corrected chi connectivity index (χ1v) is 7.24. The number of fused-ring (bicyclic) bond motifs is 1. The van der Waals surface area contributed by atoms with E-state index < -0.39 is 8.59 Å². The van der Waals surface area contributed by atoms with Gasteiger partial charge in [-0.15, -0.1) is 29.7 Å². The maximum Gasteiger partial charge on any atom is 3.00 e. The van der Waals surface area contributed by atoms with Crippen molar-refractivity contribution in [1.82, 2.24) is 0 Å². The first-order chi connectivity index (χ1) is 7.24. The Hall–Kier alpha value is -0.189. The van der Waals surface area contributed by atoms with Gasteiger partial charge in [-0.2, -0.15) is 17.5 Å². The van der Waals surface area contributed by atoms with Crippen LogP contribution in [0.2, 0.25) is 13.1 Å². The van der Waals surface area contributed by atoms with Crippen molar-refractivity contribution in [2.45, 2.75) is 13.1 Å². The zero-order valence-electron chi connectivity index (χ0n) is 10.2. The molecule has 2 nitrogen and oxygen atoms in total. The van der Waals surface area contributed by atoms with Crippen LogP contribution in [0.5, 0.6) is 0 Å². The van der Waals surface area contributed by atoms with E-state index in [9.17, 15) is 4.79 Å². The Morgan fingerprint density at radius 2 is 1.78 bits per heavy atom. The number of amides is 1. The molecule has 2 aromatic rings. The smallest absolute Gasteiger partial charge is 1.00 e. The van der Waals surface area contributed by atoms with Crippen molar-refractivity contribution in [2.75, 3.05) is 0 Å². The molecule has 95 valence electrons. The Kier molecular flexibility index (Phi) is 16.9. The van der Waals surface area contributed by atoms with Crippen LogP contribution in [-0.4, -0.2) is 15.0 Å². The summed E-state index contributed by atoms with van der Waals surface area (Å²) in [6.07, 6.45) is 0.619. The Morgan fingerprint density at radius 3 is 2.22 bits per heavy atom. The Balaban J connectivity index is -0.000000229. The van der Waals surface area contributed by atoms with Crippen molar-refractivity contribution in [1.29, 1.82) is 0 Å². The summed E-state index contributed by atoms with van der Waals surface area (Å²) in [6, 6.07) is 14.7. The molecule has 0 heterocycles. The Bertz CT molecular complexity index is 440. The molecule has 0 aliphatic heterocycles. The summed E-state index contributed by atoms with van der Waals surface area (Å²) in [5, 5.41) is 2.66. The van der Waals surface area contributed by atoms with E-state index in [1.165, 1.54) is 10.8 Å². The van der Waals surface area contributed by atoms with E-state index in [1.807, 2.05) is 13.1 Å². The average Bonchev–Trinajstić information content (AvgIpc) is 2.65. The van der Waals surface area contributed by atoms with Gasteiger partial charge in [0.1, 0.15) is 8.59 Å². The summed E-state index contributed by atoms with van der Waals surface area (Å²) in [7, 11) is -0.629. The molecule has 0 spiro atoms. The molecule has 0 saturated carbocycles. The molecule has 1 radical (unpaired) electrons. The molecule has 0 atom stereocenters. The number of halogens is 2. The molecule has 0 N–H and O–H groups in total. The van der Waals surface area contributed by atoms with Crippen LogP contribution in [0.1, 0.15) is 0 Å². The fourth-order valence-electron chi connectivity index (χ4n) is 1.18. The van der Waals surface area contributed by atoms with Gasteiger partial charge in [-0.1, -0.05) is 6.07 Å². The zero-order valence-corrected chi connectivity index (χ0v) is 14.3. The molecule has 0 bridgehead atoms. The Labute approximate surface area is 137 Å². The molecule has 0 aliphatic carbocycles. The molecule has 0 fully saturated rings. The molecular formula is C12H14Cl2NOSiTi. The number of carbonyl (C=O) groups excluding carboxylic acids is 1. The van der Waals surface area contributed by atoms with Crippen molar-refractivity contribution in [2.24, 2.45) is 4.63 Å². The van der Waals surface area contributed by atoms with Crippen LogP contribution in [0.15, 0.2) is 47.1 Å². The van der Waals surface area contributed by atoms with Crippen LogP contribution in [-0.2, 0) is 26.5 Å². The number of nitrogens with zero attached hydrogens (tertiary/aromatic N) is 1. The number of hydrogen-bond acceptors (Lipinski definition) is 1. The minimum absolute atomic E-state index is 0. The second-order valence-electron chi connectivity index (χ2n) is 3.34. The monoisotopic (exact) mass is 334 g/mol. The van der Waals surface area contributed by atoms with Gasteiger partial charge < -0.3 is 24.8 Å². The van der Waals surface area contributed by atoms with Crippen molar-refractivity contribution in [3.05, 3.63) is 42.5 Å². The third-order valence-electron chi connectivity index (χ3n) is 1.86. The molecular weight excluding hydrogens is 321 g/mol. The van der Waals surface area contributed by atoms with Gasteiger partial charge in [0.25, 0.3) is 0 Å². The first kappa shape index (κ1) is 22.9. The van der Waals surface area contributed by atoms with E-state index in [1.54, 1.807) is 0 Å². The van der Waals surface area contributed by atoms with E-state index >= 15 is 0 Å². The van der Waals surface area contributed by atoms with Gasteiger partial charge in [-0.25, -0.2) is 0 Å². The van der Waals surface area contributed by atoms with Crippen LogP contribution >= 0.6 is 0 Å². The van der Waals surface area contributed by atoms with Gasteiger partial charge in [0.15, 0.2) is 0 Å². The van der Waals surface area contributed by atoms with E-state index in [-0.39, 0.29) is 46.5 Å². The molecule has 18 heavy (non-hydrogen) atoms. The second kappa shape index (κ2) is 13.2. The van der Waals surface area contributed by atoms with E-state index in [2.05, 4.69) is 47.1 Å². The summed E-state index contributed by atoms with van der Waals surface area (Å²) in [6.45, 7) is 3.91. The second-order valence-corrected chi connectivity index (χ2v) is 5.49. The summed E-state index contributed by atoms with van der Waals surface area (Å²) >= 11 is 0. The van der Waals surface area contributed by atoms with Gasteiger partial charge in [0.05, 0.1) is 0 Å². The summed E-state index contributed by atoms with van der Waals surface area (Å²) in [5.74, 6) is 0. The molecule has 1 amide bonds. The average molecular weight is 335 g/mol. The molecule has 6 heteroatoms. The van der Waals surface area contributed by atoms with Crippen molar-refractivity contribution >= 4 is 25.8 Å². The zero-order chi connectivity index (χ0) is 11.1. The quantitative estimate of drug-likeness (QED) is 0.315. The van der Waals surface area contributed by atoms with Gasteiger partial charge in [0, 0.05) is 0 Å². The maximum atomic E-state index is 9.47. The van der Waals surface area contributed by atoms with Gasteiger partial charge in [-0.05, 0) is 13.1 Å². The van der Waals surface area contributed by atoms with Gasteiger partial charge in [-0.3, -0.25) is 9.43 Å². The number of hydrogen-bond donors (Lipinski definition) is 0. The summed E-state index contributed by atoms with van der Waals surface area (Å²) in [5.41, 5.74) is 0. The van der Waals surface area contributed by atoms with Gasteiger partial charge in [0.2, 0.25) is 6.41 Å². The van der Waals surface area contributed by atoms with Crippen LogP contribution in [0, 0.1) is 0 Å². The van der Waals surface area contributed by atoms with Crippen LogP contribution in [0.3, 0.4) is 0 Å². The van der Waals surface area contributed by atoms with E-state index in [4.69, 9.17) is 0 Å². The van der Waals surface area contributed by atoms with Crippen molar-refractivity contribution in [3.63, 3.8) is 0 Å². The standard InChI is InChI=1S/C9H7.C3H7NOSi.2ClH.Ti/c1-2-5-9-7-3-6-8(9)4-1;1-6(2)4-3-5;;;/h1-7H;3H,1-2H3;2*1H;/q-1;;;;+3/p-2. The maximum absolute atomic E-state index is 9.47. The molecule has 0 unspecified atom stereocenters. The molecule has 0 aliphatic rings. The fraction of sp³-hybridized carbons (Fsp3) is 0.167.